The van der Waals surface area contributed by atoms with Crippen LogP contribution in [0.25, 0.3) is 17.0 Å². The lowest BCUT2D eigenvalue weighted by Crippen LogP contribution is -2.32. The number of anilines is 2. The van der Waals surface area contributed by atoms with Gasteiger partial charge in [-0.25, -0.2) is 0 Å². The maximum atomic E-state index is 12.6. The minimum atomic E-state index is -4.77. The van der Waals surface area contributed by atoms with Crippen LogP contribution in [0, 0.1) is 0 Å². The average molecular weight is 420 g/mol. The summed E-state index contributed by atoms with van der Waals surface area (Å²) in [5.41, 5.74) is 1.66. The van der Waals surface area contributed by atoms with Crippen molar-refractivity contribution in [2.24, 2.45) is 0 Å². The molecular weight excluding hydrogens is 401 g/mol. The molecule has 0 saturated heterocycles. The third kappa shape index (κ3) is 3.23. The van der Waals surface area contributed by atoms with Crippen molar-refractivity contribution in [3.8, 4) is 22.9 Å². The molecule has 1 saturated carbocycles. The van der Waals surface area contributed by atoms with Gasteiger partial charge in [0.1, 0.15) is 18.0 Å². The number of rotatable bonds is 4. The van der Waals surface area contributed by atoms with Crippen molar-refractivity contribution in [2.45, 2.75) is 25.2 Å². The van der Waals surface area contributed by atoms with E-state index in [2.05, 4.69) is 19.8 Å². The van der Waals surface area contributed by atoms with Crippen LogP contribution in [-0.2, 0) is 0 Å². The van der Waals surface area contributed by atoms with Crippen LogP contribution in [0.5, 0.6) is 11.5 Å². The molecule has 2 aromatic heterocycles. The number of halogens is 3. The molecule has 0 unspecified atom stereocenters. The Balaban J connectivity index is 1.67. The molecule has 0 bridgehead atoms. The van der Waals surface area contributed by atoms with E-state index in [1.807, 2.05) is 19.0 Å². The van der Waals surface area contributed by atoms with E-state index in [4.69, 9.17) is 9.84 Å². The minimum Gasteiger partial charge on any atom is -0.486 e. The van der Waals surface area contributed by atoms with Crippen molar-refractivity contribution in [1.82, 2.24) is 19.8 Å². The standard InChI is InChI=1S/C19H19F3N6O2/c1-26-8-9-29-15-14(26)17-24-23-16(28(17)25-18(15)27(2)12-6-7-12)11-4-3-5-13(10-11)30-19(20,21)22/h3-5,10,12H,6-9H2,1-2H3. The Morgan fingerprint density at radius 2 is 2.03 bits per heavy atom. The molecule has 5 rings (SSSR count). The van der Waals surface area contributed by atoms with Crippen LogP contribution in [0.15, 0.2) is 24.3 Å². The summed E-state index contributed by atoms with van der Waals surface area (Å²) in [5.74, 6) is 1.31. The van der Waals surface area contributed by atoms with Crippen LogP contribution < -0.4 is 19.3 Å². The topological polar surface area (TPSA) is 68.0 Å². The van der Waals surface area contributed by atoms with Gasteiger partial charge in [-0.1, -0.05) is 12.1 Å². The van der Waals surface area contributed by atoms with Gasteiger partial charge in [-0.15, -0.1) is 28.5 Å². The summed E-state index contributed by atoms with van der Waals surface area (Å²) < 4.78 is 49.4. The molecule has 8 nitrogen and oxygen atoms in total. The summed E-state index contributed by atoms with van der Waals surface area (Å²) in [5, 5.41) is 13.2. The Kier molecular flexibility index (Phi) is 4.16. The van der Waals surface area contributed by atoms with E-state index in [0.29, 0.717) is 47.8 Å². The lowest BCUT2D eigenvalue weighted by atomic mass is 10.2. The van der Waals surface area contributed by atoms with Crippen molar-refractivity contribution in [3.05, 3.63) is 24.3 Å². The van der Waals surface area contributed by atoms with E-state index < -0.39 is 6.36 Å². The second kappa shape index (κ2) is 6.64. The molecule has 1 aliphatic carbocycles. The van der Waals surface area contributed by atoms with Crippen LogP contribution in [0.1, 0.15) is 12.8 Å². The van der Waals surface area contributed by atoms with Gasteiger partial charge in [0.05, 0.1) is 6.54 Å². The van der Waals surface area contributed by atoms with Crippen LogP contribution in [0.4, 0.5) is 24.7 Å². The van der Waals surface area contributed by atoms with E-state index in [0.717, 1.165) is 18.5 Å². The molecule has 0 spiro atoms. The van der Waals surface area contributed by atoms with Crippen molar-refractivity contribution in [2.75, 3.05) is 37.0 Å². The molecule has 0 N–H and O–H groups in total. The van der Waals surface area contributed by atoms with E-state index in [1.54, 1.807) is 10.6 Å². The molecular formula is C19H19F3N6O2. The molecule has 2 aliphatic rings. The quantitative estimate of drug-likeness (QED) is 0.643. The Bertz CT molecular complexity index is 1110. The number of nitrogens with zero attached hydrogens (tertiary/aromatic N) is 6. The second-order valence-corrected chi connectivity index (χ2v) is 7.45. The number of likely N-dealkylation sites (N-methyl/N-ethyl adjacent to an activating group) is 1. The molecule has 1 aliphatic heterocycles. The monoisotopic (exact) mass is 420 g/mol. The summed E-state index contributed by atoms with van der Waals surface area (Å²) in [6, 6.07) is 6.02. The van der Waals surface area contributed by atoms with Crippen LogP contribution in [-0.4, -0.2) is 59.5 Å². The Labute approximate surface area is 169 Å². The number of hydrogen-bond donors (Lipinski definition) is 0. The maximum Gasteiger partial charge on any atom is 0.573 e. The van der Waals surface area contributed by atoms with Gasteiger partial charge in [0, 0.05) is 25.7 Å². The van der Waals surface area contributed by atoms with Crippen LogP contribution in [0.3, 0.4) is 0 Å². The van der Waals surface area contributed by atoms with Gasteiger partial charge in [-0.2, -0.15) is 4.52 Å². The predicted octanol–water partition coefficient (Wildman–Crippen LogP) is 3.12. The highest BCUT2D eigenvalue weighted by atomic mass is 19.4. The number of benzene rings is 1. The van der Waals surface area contributed by atoms with Crippen molar-refractivity contribution in [1.29, 1.82) is 0 Å². The number of ether oxygens (including phenoxy) is 2. The fourth-order valence-corrected chi connectivity index (χ4v) is 3.62. The lowest BCUT2D eigenvalue weighted by molar-refractivity contribution is -0.274. The zero-order chi connectivity index (χ0) is 21.0. The Morgan fingerprint density at radius 3 is 2.77 bits per heavy atom. The fourth-order valence-electron chi connectivity index (χ4n) is 3.62. The van der Waals surface area contributed by atoms with Gasteiger partial charge in [0.25, 0.3) is 0 Å². The van der Waals surface area contributed by atoms with Gasteiger partial charge >= 0.3 is 6.36 Å². The van der Waals surface area contributed by atoms with Crippen molar-refractivity contribution < 1.29 is 22.6 Å². The first kappa shape index (κ1) is 18.8. The first-order valence-corrected chi connectivity index (χ1v) is 9.54. The van der Waals surface area contributed by atoms with Crippen molar-refractivity contribution >= 4 is 17.2 Å². The van der Waals surface area contributed by atoms with E-state index in [9.17, 15) is 13.2 Å². The second-order valence-electron chi connectivity index (χ2n) is 7.45. The highest BCUT2D eigenvalue weighted by molar-refractivity contribution is 5.83. The number of fused-ring (bicyclic) bond motifs is 3. The zero-order valence-corrected chi connectivity index (χ0v) is 16.3. The molecule has 1 aromatic carbocycles. The first-order chi connectivity index (χ1) is 14.3. The third-order valence-corrected chi connectivity index (χ3v) is 5.27. The molecule has 3 aromatic rings. The molecule has 30 heavy (non-hydrogen) atoms. The van der Waals surface area contributed by atoms with Gasteiger partial charge in [-0.3, -0.25) is 0 Å². The maximum absolute atomic E-state index is 12.6. The minimum absolute atomic E-state index is 0.324. The normalized spacial score (nSPS) is 16.4. The number of alkyl halides is 3. The first-order valence-electron chi connectivity index (χ1n) is 9.54. The van der Waals surface area contributed by atoms with Crippen LogP contribution >= 0.6 is 0 Å². The van der Waals surface area contributed by atoms with Gasteiger partial charge in [0.15, 0.2) is 17.4 Å². The van der Waals surface area contributed by atoms with E-state index >= 15 is 0 Å². The summed E-state index contributed by atoms with van der Waals surface area (Å²) in [4.78, 5) is 4.10. The van der Waals surface area contributed by atoms with E-state index in [-0.39, 0.29) is 5.75 Å². The third-order valence-electron chi connectivity index (χ3n) is 5.27. The van der Waals surface area contributed by atoms with Gasteiger partial charge in [-0.05, 0) is 25.0 Å². The molecule has 0 atom stereocenters. The van der Waals surface area contributed by atoms with Crippen LogP contribution in [0.2, 0.25) is 0 Å². The number of hydrogen-bond acceptors (Lipinski definition) is 7. The van der Waals surface area contributed by atoms with Crippen molar-refractivity contribution in [3.63, 3.8) is 0 Å². The smallest absolute Gasteiger partial charge is 0.486 e. The number of aromatic nitrogens is 4. The Morgan fingerprint density at radius 1 is 1.23 bits per heavy atom. The summed E-state index contributed by atoms with van der Waals surface area (Å²) in [7, 11) is 3.90. The molecule has 1 fully saturated rings. The summed E-state index contributed by atoms with van der Waals surface area (Å²) in [6.45, 7) is 1.21. The van der Waals surface area contributed by atoms with Gasteiger partial charge < -0.3 is 19.3 Å². The Hall–Kier alpha value is -3.24. The predicted molar refractivity (Wildman–Crippen MR) is 103 cm³/mol. The summed E-state index contributed by atoms with van der Waals surface area (Å²) in [6.07, 6.45) is -2.62. The molecule has 3 heterocycles. The molecule has 0 amide bonds. The average Bonchev–Trinajstić information content (AvgIpc) is 3.45. The SMILES string of the molecule is CN1CCOc2c(N(C)C3CC3)nn3c(-c4cccc(OC(F)(F)F)c4)nnc3c21. The fraction of sp³-hybridized carbons (Fsp3) is 0.421. The molecule has 11 heteroatoms. The molecule has 0 radical (unpaired) electrons. The highest BCUT2D eigenvalue weighted by Gasteiger charge is 2.34. The van der Waals surface area contributed by atoms with Gasteiger partial charge in [0.2, 0.25) is 5.65 Å². The largest absolute Gasteiger partial charge is 0.573 e. The van der Waals surface area contributed by atoms with E-state index in [1.165, 1.54) is 18.2 Å². The molecule has 158 valence electrons. The lowest BCUT2D eigenvalue weighted by Gasteiger charge is -2.31. The summed E-state index contributed by atoms with van der Waals surface area (Å²) >= 11 is 0. The zero-order valence-electron chi connectivity index (χ0n) is 16.3. The highest BCUT2D eigenvalue weighted by Crippen LogP contribution is 2.44.